The molecule has 16 heavy (non-hydrogen) atoms. The van der Waals surface area contributed by atoms with Gasteiger partial charge >= 0.3 is 0 Å². The quantitative estimate of drug-likeness (QED) is 0.862. The lowest BCUT2D eigenvalue weighted by atomic mass is 10.3. The summed E-state index contributed by atoms with van der Waals surface area (Å²) in [6.45, 7) is 1.49. The lowest BCUT2D eigenvalue weighted by molar-refractivity contribution is -0.114. The van der Waals surface area contributed by atoms with E-state index in [4.69, 9.17) is 0 Å². The number of halogens is 1. The van der Waals surface area contributed by atoms with Crippen LogP contribution in [0, 0.1) is 3.57 Å². The standard InChI is InChI=1S/C11H10IN3O/c1-8(16)14-10-2-4-11(5-3-10)15-7-9(12)6-13-15/h2-7H,1H3,(H,14,16). The molecule has 4 nitrogen and oxygen atoms in total. The molecule has 0 radical (unpaired) electrons. The minimum Gasteiger partial charge on any atom is -0.326 e. The van der Waals surface area contributed by atoms with Crippen LogP contribution in [0.15, 0.2) is 36.7 Å². The van der Waals surface area contributed by atoms with E-state index in [1.165, 1.54) is 6.92 Å². The highest BCUT2D eigenvalue weighted by Gasteiger charge is 1.99. The molecule has 0 saturated heterocycles. The Kier molecular flexibility index (Phi) is 3.23. The van der Waals surface area contributed by atoms with Crippen LogP contribution < -0.4 is 5.32 Å². The molecule has 0 atom stereocenters. The predicted molar refractivity (Wildman–Crippen MR) is 70.6 cm³/mol. The van der Waals surface area contributed by atoms with Gasteiger partial charge in [-0.05, 0) is 46.9 Å². The van der Waals surface area contributed by atoms with Crippen LogP contribution in [0.3, 0.4) is 0 Å². The smallest absolute Gasteiger partial charge is 0.221 e. The predicted octanol–water partition coefficient (Wildman–Crippen LogP) is 2.44. The van der Waals surface area contributed by atoms with Crippen molar-refractivity contribution in [2.75, 3.05) is 5.32 Å². The van der Waals surface area contributed by atoms with Gasteiger partial charge < -0.3 is 5.32 Å². The monoisotopic (exact) mass is 327 g/mol. The van der Waals surface area contributed by atoms with Crippen molar-refractivity contribution >= 4 is 34.2 Å². The molecule has 1 amide bonds. The van der Waals surface area contributed by atoms with Gasteiger partial charge in [0, 0.05) is 18.8 Å². The summed E-state index contributed by atoms with van der Waals surface area (Å²) in [4.78, 5) is 10.8. The maximum Gasteiger partial charge on any atom is 0.221 e. The summed E-state index contributed by atoms with van der Waals surface area (Å²) in [6, 6.07) is 7.53. The minimum atomic E-state index is -0.0682. The van der Waals surface area contributed by atoms with Gasteiger partial charge in [0.2, 0.25) is 5.91 Å². The van der Waals surface area contributed by atoms with Crippen LogP contribution in [0.1, 0.15) is 6.92 Å². The number of carbonyl (C=O) groups is 1. The first-order valence-corrected chi connectivity index (χ1v) is 5.81. The fraction of sp³-hybridized carbons (Fsp3) is 0.0909. The topological polar surface area (TPSA) is 46.9 Å². The van der Waals surface area contributed by atoms with Gasteiger partial charge in [-0.3, -0.25) is 4.79 Å². The number of nitrogens with one attached hydrogen (secondary N) is 1. The zero-order valence-electron chi connectivity index (χ0n) is 8.64. The zero-order chi connectivity index (χ0) is 11.5. The molecule has 0 aliphatic heterocycles. The minimum absolute atomic E-state index is 0.0682. The first-order chi connectivity index (χ1) is 7.65. The van der Waals surface area contributed by atoms with Crippen LogP contribution >= 0.6 is 22.6 Å². The van der Waals surface area contributed by atoms with Crippen molar-refractivity contribution in [2.45, 2.75) is 6.92 Å². The molecule has 1 N–H and O–H groups in total. The molecule has 2 rings (SSSR count). The lowest BCUT2D eigenvalue weighted by Crippen LogP contribution is -2.05. The number of benzene rings is 1. The second-order valence-corrected chi connectivity index (χ2v) is 4.58. The van der Waals surface area contributed by atoms with Crippen LogP contribution in [0.4, 0.5) is 5.69 Å². The van der Waals surface area contributed by atoms with Crippen LogP contribution in [-0.4, -0.2) is 15.7 Å². The molecule has 1 aromatic heterocycles. The van der Waals surface area contributed by atoms with E-state index in [2.05, 4.69) is 33.0 Å². The number of aromatic nitrogens is 2. The Morgan fingerprint density at radius 1 is 1.38 bits per heavy atom. The Morgan fingerprint density at radius 2 is 2.06 bits per heavy atom. The molecule has 5 heteroatoms. The van der Waals surface area contributed by atoms with Gasteiger partial charge in [0.25, 0.3) is 0 Å². The van der Waals surface area contributed by atoms with Gasteiger partial charge in [0.15, 0.2) is 0 Å². The number of hydrogen-bond donors (Lipinski definition) is 1. The highest BCUT2D eigenvalue weighted by molar-refractivity contribution is 14.1. The van der Waals surface area contributed by atoms with Crippen molar-refractivity contribution in [1.82, 2.24) is 9.78 Å². The van der Waals surface area contributed by atoms with E-state index in [0.717, 1.165) is 14.9 Å². The number of nitrogens with zero attached hydrogens (tertiary/aromatic N) is 2. The van der Waals surface area contributed by atoms with Gasteiger partial charge in [-0.2, -0.15) is 5.10 Å². The SMILES string of the molecule is CC(=O)Nc1ccc(-n2cc(I)cn2)cc1. The lowest BCUT2D eigenvalue weighted by Gasteiger charge is -2.04. The van der Waals surface area contributed by atoms with E-state index in [1.807, 2.05) is 30.5 Å². The highest BCUT2D eigenvalue weighted by atomic mass is 127. The summed E-state index contributed by atoms with van der Waals surface area (Å²) in [5.41, 5.74) is 1.76. The highest BCUT2D eigenvalue weighted by Crippen LogP contribution is 2.13. The average molecular weight is 327 g/mol. The molecule has 0 aliphatic rings. The summed E-state index contributed by atoms with van der Waals surface area (Å²) < 4.78 is 2.88. The van der Waals surface area contributed by atoms with Crippen molar-refractivity contribution in [3.63, 3.8) is 0 Å². The molecular weight excluding hydrogens is 317 g/mol. The largest absolute Gasteiger partial charge is 0.326 e. The van der Waals surface area contributed by atoms with Gasteiger partial charge in [0.05, 0.1) is 15.5 Å². The third kappa shape index (κ3) is 2.60. The summed E-state index contributed by atoms with van der Waals surface area (Å²) in [5.74, 6) is -0.0682. The molecule has 0 unspecified atom stereocenters. The van der Waals surface area contributed by atoms with E-state index in [0.29, 0.717) is 0 Å². The van der Waals surface area contributed by atoms with E-state index in [-0.39, 0.29) is 5.91 Å². The van der Waals surface area contributed by atoms with Crippen LogP contribution in [0.2, 0.25) is 0 Å². The first-order valence-electron chi connectivity index (χ1n) is 4.73. The zero-order valence-corrected chi connectivity index (χ0v) is 10.8. The number of anilines is 1. The number of hydrogen-bond acceptors (Lipinski definition) is 2. The Morgan fingerprint density at radius 3 is 2.56 bits per heavy atom. The van der Waals surface area contributed by atoms with Gasteiger partial charge in [-0.1, -0.05) is 0 Å². The summed E-state index contributed by atoms with van der Waals surface area (Å²) in [5, 5.41) is 6.92. The molecule has 0 spiro atoms. The summed E-state index contributed by atoms with van der Waals surface area (Å²) in [7, 11) is 0. The Labute approximate surface area is 107 Å². The molecule has 0 bridgehead atoms. The average Bonchev–Trinajstić information content (AvgIpc) is 2.65. The van der Waals surface area contributed by atoms with Crippen LogP contribution in [0.5, 0.6) is 0 Å². The normalized spacial score (nSPS) is 10.1. The fourth-order valence-corrected chi connectivity index (χ4v) is 1.73. The fourth-order valence-electron chi connectivity index (χ4n) is 1.34. The maximum atomic E-state index is 10.8. The van der Waals surface area contributed by atoms with Crippen molar-refractivity contribution in [2.24, 2.45) is 0 Å². The second kappa shape index (κ2) is 4.65. The third-order valence-corrected chi connectivity index (χ3v) is 2.56. The van der Waals surface area contributed by atoms with Crippen molar-refractivity contribution in [3.05, 3.63) is 40.2 Å². The second-order valence-electron chi connectivity index (χ2n) is 3.33. The Hall–Kier alpha value is -1.37. The first kappa shape index (κ1) is 11.1. The van der Waals surface area contributed by atoms with E-state index in [1.54, 1.807) is 10.9 Å². The van der Waals surface area contributed by atoms with Crippen molar-refractivity contribution in [3.8, 4) is 5.69 Å². The Bertz CT molecular complexity index is 504. The summed E-state index contributed by atoms with van der Waals surface area (Å²) in [6.07, 6.45) is 3.73. The molecule has 82 valence electrons. The van der Waals surface area contributed by atoms with E-state index in [9.17, 15) is 4.79 Å². The van der Waals surface area contributed by atoms with Gasteiger partial charge in [-0.15, -0.1) is 0 Å². The van der Waals surface area contributed by atoms with E-state index >= 15 is 0 Å². The van der Waals surface area contributed by atoms with Crippen molar-refractivity contribution < 1.29 is 4.79 Å². The number of amides is 1. The van der Waals surface area contributed by atoms with E-state index < -0.39 is 0 Å². The summed E-state index contributed by atoms with van der Waals surface area (Å²) >= 11 is 2.21. The Balaban J connectivity index is 2.22. The molecule has 1 aromatic carbocycles. The van der Waals surface area contributed by atoms with Gasteiger partial charge in [0.1, 0.15) is 0 Å². The molecule has 0 saturated carbocycles. The van der Waals surface area contributed by atoms with Crippen LogP contribution in [0.25, 0.3) is 5.69 Å². The molecular formula is C11H10IN3O. The molecule has 0 aliphatic carbocycles. The van der Waals surface area contributed by atoms with Crippen molar-refractivity contribution in [1.29, 1.82) is 0 Å². The van der Waals surface area contributed by atoms with Crippen LogP contribution in [-0.2, 0) is 4.79 Å². The molecule has 1 heterocycles. The third-order valence-electron chi connectivity index (χ3n) is 2.00. The maximum absolute atomic E-state index is 10.8. The number of rotatable bonds is 2. The molecule has 0 fully saturated rings. The van der Waals surface area contributed by atoms with Gasteiger partial charge in [-0.25, -0.2) is 4.68 Å². The number of carbonyl (C=O) groups excluding carboxylic acids is 1. The molecule has 2 aromatic rings.